The molecule has 3 N–H and O–H groups in total. The van der Waals surface area contributed by atoms with Crippen molar-refractivity contribution in [3.63, 3.8) is 0 Å². The molecule has 0 aliphatic carbocycles. The number of aromatic nitrogens is 1. The van der Waals surface area contributed by atoms with Crippen molar-refractivity contribution in [3.8, 4) is 0 Å². The molecule has 0 aliphatic rings. The molecule has 0 saturated heterocycles. The Hall–Kier alpha value is -1.76. The third-order valence-corrected chi connectivity index (χ3v) is 4.49. The number of pyridine rings is 1. The number of nitrogens with one attached hydrogen (secondary N) is 1. The van der Waals surface area contributed by atoms with E-state index in [9.17, 15) is 8.42 Å². The van der Waals surface area contributed by atoms with E-state index < -0.39 is 16.1 Å². The second kappa shape index (κ2) is 6.13. The van der Waals surface area contributed by atoms with Gasteiger partial charge in [0.15, 0.2) is 0 Å². The van der Waals surface area contributed by atoms with E-state index in [2.05, 4.69) is 9.71 Å². The van der Waals surface area contributed by atoms with Gasteiger partial charge in [0.05, 0.1) is 16.6 Å². The summed E-state index contributed by atoms with van der Waals surface area (Å²) in [6.45, 7) is 2.15. The quantitative estimate of drug-likeness (QED) is 0.876. The molecule has 0 fully saturated rings. The summed E-state index contributed by atoms with van der Waals surface area (Å²) in [4.78, 5) is 4.36. The number of nitrogens with zero attached hydrogens (tertiary/aromatic N) is 1. The van der Waals surface area contributed by atoms with Crippen molar-refractivity contribution < 1.29 is 8.42 Å². The Morgan fingerprint density at radius 2 is 1.90 bits per heavy atom. The zero-order valence-corrected chi connectivity index (χ0v) is 12.0. The summed E-state index contributed by atoms with van der Waals surface area (Å²) in [5, 5.41) is 0. The minimum Gasteiger partial charge on any atom is -0.326 e. The van der Waals surface area contributed by atoms with Gasteiger partial charge in [-0.2, -0.15) is 0 Å². The average molecular weight is 291 g/mol. The summed E-state index contributed by atoms with van der Waals surface area (Å²) in [6, 6.07) is 11.5. The molecular formula is C14H17N3O2S. The van der Waals surface area contributed by atoms with Gasteiger partial charge in [-0.05, 0) is 36.8 Å². The van der Waals surface area contributed by atoms with Gasteiger partial charge < -0.3 is 5.73 Å². The third-order valence-electron chi connectivity index (χ3n) is 2.93. The second-order valence-corrected chi connectivity index (χ2v) is 6.16. The predicted molar refractivity (Wildman–Crippen MR) is 77.3 cm³/mol. The zero-order chi connectivity index (χ0) is 14.6. The highest BCUT2D eigenvalue weighted by atomic mass is 32.2. The van der Waals surface area contributed by atoms with Crippen molar-refractivity contribution in [1.82, 2.24) is 9.71 Å². The van der Waals surface area contributed by atoms with E-state index >= 15 is 0 Å². The van der Waals surface area contributed by atoms with Crippen molar-refractivity contribution >= 4 is 10.0 Å². The number of benzene rings is 1. The van der Waals surface area contributed by atoms with Crippen LogP contribution in [0.15, 0.2) is 53.6 Å². The Balaban J connectivity index is 2.18. The normalized spacial score (nSPS) is 13.1. The lowest BCUT2D eigenvalue weighted by Crippen LogP contribution is -2.27. The van der Waals surface area contributed by atoms with Gasteiger partial charge in [-0.1, -0.05) is 18.2 Å². The van der Waals surface area contributed by atoms with E-state index in [0.29, 0.717) is 12.2 Å². The van der Waals surface area contributed by atoms with Crippen LogP contribution in [0.1, 0.15) is 24.2 Å². The molecule has 1 atom stereocenters. The van der Waals surface area contributed by atoms with Crippen LogP contribution in [0.2, 0.25) is 0 Å². The van der Waals surface area contributed by atoms with Crippen molar-refractivity contribution in [2.24, 2.45) is 5.73 Å². The first-order valence-corrected chi connectivity index (χ1v) is 7.73. The van der Waals surface area contributed by atoms with Crippen molar-refractivity contribution in [2.75, 3.05) is 0 Å². The molecule has 2 aromatic rings. The molecule has 0 spiro atoms. The molecule has 0 bridgehead atoms. The van der Waals surface area contributed by atoms with Crippen LogP contribution in [0.3, 0.4) is 0 Å². The van der Waals surface area contributed by atoms with Gasteiger partial charge in [0.2, 0.25) is 10.0 Å². The molecule has 20 heavy (non-hydrogen) atoms. The Labute approximate surface area is 118 Å². The van der Waals surface area contributed by atoms with Crippen LogP contribution in [0.25, 0.3) is 0 Å². The molecule has 0 aliphatic heterocycles. The van der Waals surface area contributed by atoms with Gasteiger partial charge in [-0.15, -0.1) is 0 Å². The molecule has 1 aromatic heterocycles. The van der Waals surface area contributed by atoms with E-state index in [0.717, 1.165) is 5.56 Å². The monoisotopic (exact) mass is 291 g/mol. The highest BCUT2D eigenvalue weighted by Crippen LogP contribution is 2.15. The van der Waals surface area contributed by atoms with E-state index in [-0.39, 0.29) is 4.90 Å². The maximum Gasteiger partial charge on any atom is 0.241 e. The van der Waals surface area contributed by atoms with Gasteiger partial charge in [0.25, 0.3) is 0 Å². The number of rotatable bonds is 5. The van der Waals surface area contributed by atoms with Gasteiger partial charge in [-0.3, -0.25) is 4.98 Å². The van der Waals surface area contributed by atoms with Crippen LogP contribution in [0.4, 0.5) is 0 Å². The number of sulfonamides is 1. The lowest BCUT2D eigenvalue weighted by atomic mass is 10.2. The molecule has 0 saturated carbocycles. The minimum absolute atomic E-state index is 0.220. The van der Waals surface area contributed by atoms with Crippen LogP contribution in [-0.2, 0) is 16.6 Å². The maximum absolute atomic E-state index is 12.2. The third kappa shape index (κ3) is 3.41. The summed E-state index contributed by atoms with van der Waals surface area (Å²) in [6.07, 6.45) is 1.64. The van der Waals surface area contributed by atoms with E-state index in [1.807, 2.05) is 6.07 Å². The summed E-state index contributed by atoms with van der Waals surface area (Å²) < 4.78 is 27.1. The average Bonchev–Trinajstić information content (AvgIpc) is 2.48. The fourth-order valence-electron chi connectivity index (χ4n) is 1.80. The van der Waals surface area contributed by atoms with Crippen molar-refractivity contribution in [1.29, 1.82) is 0 Å². The van der Waals surface area contributed by atoms with Crippen LogP contribution >= 0.6 is 0 Å². The molecule has 0 amide bonds. The summed E-state index contributed by atoms with van der Waals surface area (Å²) >= 11 is 0. The van der Waals surface area contributed by atoms with E-state index in [4.69, 9.17) is 5.73 Å². The maximum atomic E-state index is 12.2. The zero-order valence-electron chi connectivity index (χ0n) is 11.2. The van der Waals surface area contributed by atoms with Gasteiger partial charge in [0.1, 0.15) is 0 Å². The lowest BCUT2D eigenvalue weighted by molar-refractivity contribution is 0.564. The fraction of sp³-hybridized carbons (Fsp3) is 0.214. The van der Waals surface area contributed by atoms with Gasteiger partial charge in [-0.25, -0.2) is 13.1 Å². The Morgan fingerprint density at radius 3 is 2.45 bits per heavy atom. The Morgan fingerprint density at radius 1 is 1.20 bits per heavy atom. The van der Waals surface area contributed by atoms with E-state index in [1.54, 1.807) is 49.5 Å². The minimum atomic E-state index is -3.56. The van der Waals surface area contributed by atoms with Crippen LogP contribution in [0.5, 0.6) is 0 Å². The first-order chi connectivity index (χ1) is 9.53. The molecular weight excluding hydrogens is 274 g/mol. The van der Waals surface area contributed by atoms with Crippen LogP contribution < -0.4 is 10.5 Å². The highest BCUT2D eigenvalue weighted by molar-refractivity contribution is 7.89. The summed E-state index contributed by atoms with van der Waals surface area (Å²) in [5.41, 5.74) is 7.06. The fourth-order valence-corrected chi connectivity index (χ4v) is 3.01. The second-order valence-electron chi connectivity index (χ2n) is 4.45. The number of nitrogens with two attached hydrogens (primary N) is 1. The van der Waals surface area contributed by atoms with Gasteiger partial charge >= 0.3 is 0 Å². The molecule has 1 aromatic carbocycles. The van der Waals surface area contributed by atoms with Gasteiger partial charge in [0, 0.05) is 12.7 Å². The molecule has 1 unspecified atom stereocenters. The van der Waals surface area contributed by atoms with Crippen molar-refractivity contribution in [3.05, 3.63) is 59.9 Å². The first kappa shape index (κ1) is 14.6. The number of hydrogen-bond donors (Lipinski definition) is 2. The number of hydrogen-bond acceptors (Lipinski definition) is 4. The molecule has 0 radical (unpaired) electrons. The van der Waals surface area contributed by atoms with Crippen LogP contribution in [0, 0.1) is 0 Å². The highest BCUT2D eigenvalue weighted by Gasteiger charge is 2.18. The van der Waals surface area contributed by atoms with Crippen LogP contribution in [-0.4, -0.2) is 13.4 Å². The molecule has 106 valence electrons. The lowest BCUT2D eigenvalue weighted by Gasteiger charge is -2.13. The Kier molecular flexibility index (Phi) is 4.49. The predicted octanol–water partition coefficient (Wildman–Crippen LogP) is 1.58. The summed E-state index contributed by atoms with van der Waals surface area (Å²) in [7, 11) is -3.56. The molecule has 5 nitrogen and oxygen atoms in total. The Bertz CT molecular complexity index is 655. The largest absolute Gasteiger partial charge is 0.326 e. The topological polar surface area (TPSA) is 85.1 Å². The van der Waals surface area contributed by atoms with E-state index in [1.165, 1.54) is 0 Å². The smallest absolute Gasteiger partial charge is 0.241 e. The standard InChI is InChI=1S/C14H17N3O2S/c1-11(14-4-2-3-9-16-14)17-20(18,19)13-7-5-12(10-15)6-8-13/h2-9,11,17H,10,15H2,1H3. The SMILES string of the molecule is CC(NS(=O)(=O)c1ccc(CN)cc1)c1ccccn1. The molecule has 1 heterocycles. The molecule has 2 rings (SSSR count). The first-order valence-electron chi connectivity index (χ1n) is 6.25. The van der Waals surface area contributed by atoms with Crippen molar-refractivity contribution in [2.45, 2.75) is 24.4 Å². The summed E-state index contributed by atoms with van der Waals surface area (Å²) in [5.74, 6) is 0. The molecule has 6 heteroatoms.